The van der Waals surface area contributed by atoms with Crippen LogP contribution in [0.2, 0.25) is 0 Å². The fourth-order valence-corrected chi connectivity index (χ4v) is 3.28. The number of nitrogens with two attached hydrogens (primary N) is 4. The van der Waals surface area contributed by atoms with Gasteiger partial charge in [-0.25, -0.2) is 4.85 Å². The molecule has 3 aromatic rings. The van der Waals surface area contributed by atoms with Gasteiger partial charge in [-0.1, -0.05) is 12.1 Å². The predicted molar refractivity (Wildman–Crippen MR) is 128 cm³/mol. The van der Waals surface area contributed by atoms with Gasteiger partial charge in [-0.05, 0) is 22.9 Å². The van der Waals surface area contributed by atoms with Crippen LogP contribution < -0.4 is 23.0 Å². The summed E-state index contributed by atoms with van der Waals surface area (Å²) in [6.45, 7) is 6.90. The number of hydrazone groups is 1. The molecule has 0 aliphatic carbocycles. The molecule has 0 aliphatic heterocycles. The van der Waals surface area contributed by atoms with Crippen LogP contribution >= 0.6 is 22.7 Å². The van der Waals surface area contributed by atoms with Gasteiger partial charge in [-0.3, -0.25) is 9.89 Å². The lowest BCUT2D eigenvalue weighted by Crippen LogP contribution is -2.23. The van der Waals surface area contributed by atoms with E-state index in [-0.39, 0.29) is 23.2 Å². The minimum Gasteiger partial charge on any atom is -0.393 e. The Hall–Kier alpha value is -4.15. The Morgan fingerprint density at radius 2 is 1.75 bits per heavy atom. The van der Waals surface area contributed by atoms with Crippen LogP contribution in [0.4, 0.5) is 5.82 Å². The quantitative estimate of drug-likeness (QED) is 0.0703. The number of ketones is 2. The lowest BCUT2D eigenvalue weighted by molar-refractivity contribution is 0.103. The number of carbonyl (C=O) groups excluding carboxylic acids is 2. The average Bonchev–Trinajstić information content (AvgIpc) is 3.54. The monoisotopic (exact) mass is 473 g/mol. The van der Waals surface area contributed by atoms with Crippen LogP contribution in [0.3, 0.4) is 0 Å². The topological polar surface area (TPSA) is 187 Å². The summed E-state index contributed by atoms with van der Waals surface area (Å²) in [5.74, 6) is 4.45. The van der Waals surface area contributed by atoms with Crippen LogP contribution in [-0.4, -0.2) is 46.7 Å². The second-order valence-corrected chi connectivity index (χ2v) is 7.85. The highest BCUT2D eigenvalue weighted by molar-refractivity contribution is 7.12. The summed E-state index contributed by atoms with van der Waals surface area (Å²) in [5.41, 5.74) is 15.5. The number of nitrogens with one attached hydrogen (secondary N) is 1. The van der Waals surface area contributed by atoms with Gasteiger partial charge in [0.15, 0.2) is 0 Å². The number of allylic oxidation sites excluding steroid dienone is 1. The van der Waals surface area contributed by atoms with E-state index in [0.29, 0.717) is 21.1 Å². The number of nitrogens with zero attached hydrogens (tertiary/aromatic N) is 4. The molecule has 11 nitrogen and oxygen atoms in total. The van der Waals surface area contributed by atoms with Crippen LogP contribution in [-0.2, 0) is 0 Å². The molecule has 13 heteroatoms. The molecule has 0 saturated carbocycles. The van der Waals surface area contributed by atoms with Crippen molar-refractivity contribution in [2.45, 2.75) is 0 Å². The third kappa shape index (κ3) is 8.30. The van der Waals surface area contributed by atoms with E-state index in [0.717, 1.165) is 0 Å². The molecule has 0 unspecified atom stereocenters. The summed E-state index contributed by atoms with van der Waals surface area (Å²) in [5, 5.41) is 12.7. The number of hydrogen-bond acceptors (Lipinski definition) is 9. The van der Waals surface area contributed by atoms with Crippen LogP contribution in [0.1, 0.15) is 24.9 Å². The number of carbonyl (C=O) groups is 2. The average molecular weight is 474 g/mol. The number of hydrogen-bond donors (Lipinski definition) is 5. The van der Waals surface area contributed by atoms with Crippen molar-refractivity contribution in [3.8, 4) is 0 Å². The molecule has 0 aliphatic rings. The molecule has 0 saturated heterocycles. The zero-order valence-electron chi connectivity index (χ0n) is 17.4. The van der Waals surface area contributed by atoms with Crippen molar-refractivity contribution >= 4 is 46.0 Å². The lowest BCUT2D eigenvalue weighted by Gasteiger charge is -2.04. The Labute approximate surface area is 192 Å². The van der Waals surface area contributed by atoms with E-state index in [1.807, 2.05) is 16.8 Å². The first-order valence-electron chi connectivity index (χ1n) is 8.71. The third-order valence-corrected chi connectivity index (χ3v) is 5.02. The van der Waals surface area contributed by atoms with Gasteiger partial charge >= 0.3 is 0 Å². The van der Waals surface area contributed by atoms with Crippen molar-refractivity contribution < 1.29 is 9.59 Å². The molecule has 0 fully saturated rings. The first-order chi connectivity index (χ1) is 15.2. The van der Waals surface area contributed by atoms with Crippen molar-refractivity contribution in [2.24, 2.45) is 22.4 Å². The molecule has 0 aromatic carbocycles. The molecule has 0 spiro atoms. The number of thiophene rings is 2. The molecule has 3 rings (SSSR count). The second kappa shape index (κ2) is 13.2. The van der Waals surface area contributed by atoms with E-state index in [2.05, 4.69) is 26.0 Å². The summed E-state index contributed by atoms with van der Waals surface area (Å²) in [4.78, 5) is 29.5. The standard InChI is InChI=1S/C10H10N2OS.C8H7N3OS.CH6N4/c1-11-8(7-12(2)3)10(13)9-5-4-6-14-9;9-8-5(4-10-11-8)7(12)6-2-1-3-13-6;2-1(3)5-4/h4-7H,2-3H3;1-4H,(H3,9,10,11);4H2,(H4,2,3,5). The van der Waals surface area contributed by atoms with Crippen LogP contribution in [0.5, 0.6) is 0 Å². The smallest absolute Gasteiger partial charge is 0.250 e. The number of anilines is 1. The molecule has 32 heavy (non-hydrogen) atoms. The van der Waals surface area contributed by atoms with E-state index in [4.69, 9.17) is 23.8 Å². The number of guanidine groups is 1. The summed E-state index contributed by atoms with van der Waals surface area (Å²) < 4.78 is 0. The zero-order valence-corrected chi connectivity index (χ0v) is 19.0. The number of Topliss-reactive ketones (excluding diaryl/α,β-unsaturated/α-hetero) is 1. The maximum absolute atomic E-state index is 11.7. The Bertz CT molecular complexity index is 1090. The van der Waals surface area contributed by atoms with Gasteiger partial charge in [0, 0.05) is 20.3 Å². The maximum atomic E-state index is 11.7. The summed E-state index contributed by atoms with van der Waals surface area (Å²) in [6, 6.07) is 7.12. The number of aromatic amines is 1. The van der Waals surface area contributed by atoms with Gasteiger partial charge in [0.25, 0.3) is 0 Å². The van der Waals surface area contributed by atoms with Crippen LogP contribution in [0.15, 0.2) is 58.2 Å². The van der Waals surface area contributed by atoms with Gasteiger partial charge < -0.3 is 32.7 Å². The van der Waals surface area contributed by atoms with Crippen molar-refractivity contribution in [1.82, 2.24) is 15.1 Å². The van der Waals surface area contributed by atoms with Gasteiger partial charge in [-0.2, -0.15) is 5.10 Å². The molecular weight excluding hydrogens is 450 g/mol. The normalized spacial score (nSPS) is 9.84. The van der Waals surface area contributed by atoms with E-state index in [1.165, 1.54) is 35.1 Å². The molecular formula is C19H23N9O2S2. The van der Waals surface area contributed by atoms with Gasteiger partial charge in [-0.15, -0.1) is 27.8 Å². The van der Waals surface area contributed by atoms with E-state index < -0.39 is 0 Å². The summed E-state index contributed by atoms with van der Waals surface area (Å²) >= 11 is 2.74. The fourth-order valence-electron chi connectivity index (χ4n) is 1.93. The van der Waals surface area contributed by atoms with Crippen molar-refractivity contribution in [1.29, 1.82) is 0 Å². The largest absolute Gasteiger partial charge is 0.393 e. The molecule has 0 atom stereocenters. The molecule has 0 radical (unpaired) electrons. The van der Waals surface area contributed by atoms with Gasteiger partial charge in [0.2, 0.25) is 23.2 Å². The Morgan fingerprint density at radius 3 is 2.12 bits per heavy atom. The Morgan fingerprint density at radius 1 is 1.19 bits per heavy atom. The number of aromatic nitrogens is 2. The minimum absolute atomic E-state index is 0.0822. The SMILES string of the molecule is NN=C(N)N.Nc1[nH]ncc1C(=O)c1cccs1.[C-]#[N+]C(=CN(C)C)C(=O)c1cccs1. The predicted octanol–water partition coefficient (Wildman–Crippen LogP) is 1.67. The number of rotatable bonds is 5. The lowest BCUT2D eigenvalue weighted by atomic mass is 10.2. The molecule has 3 aromatic heterocycles. The Kier molecular flexibility index (Phi) is 10.7. The number of nitrogen functional groups attached to an aromatic ring is 1. The molecule has 9 N–H and O–H groups in total. The van der Waals surface area contributed by atoms with Crippen molar-refractivity contribution in [3.05, 3.63) is 79.9 Å². The van der Waals surface area contributed by atoms with Crippen LogP contribution in [0.25, 0.3) is 4.85 Å². The zero-order chi connectivity index (χ0) is 24.1. The van der Waals surface area contributed by atoms with Gasteiger partial charge in [0.1, 0.15) is 5.82 Å². The fraction of sp³-hybridized carbons (Fsp3) is 0.105. The molecule has 3 heterocycles. The minimum atomic E-state index is -0.205. The first-order valence-corrected chi connectivity index (χ1v) is 10.5. The molecule has 168 valence electrons. The van der Waals surface area contributed by atoms with Crippen LogP contribution in [0, 0.1) is 6.57 Å². The van der Waals surface area contributed by atoms with E-state index >= 15 is 0 Å². The highest BCUT2D eigenvalue weighted by atomic mass is 32.1. The second-order valence-electron chi connectivity index (χ2n) is 5.95. The summed E-state index contributed by atoms with van der Waals surface area (Å²) in [6.07, 6.45) is 2.98. The van der Waals surface area contributed by atoms with Crippen molar-refractivity contribution in [2.75, 3.05) is 19.8 Å². The van der Waals surface area contributed by atoms with E-state index in [9.17, 15) is 9.59 Å². The highest BCUT2D eigenvalue weighted by Crippen LogP contribution is 2.17. The van der Waals surface area contributed by atoms with E-state index in [1.54, 1.807) is 37.2 Å². The van der Waals surface area contributed by atoms with Gasteiger partial charge in [0.05, 0.1) is 28.1 Å². The Balaban J connectivity index is 0.000000266. The highest BCUT2D eigenvalue weighted by Gasteiger charge is 2.14. The molecule has 0 amide bonds. The van der Waals surface area contributed by atoms with Crippen molar-refractivity contribution in [3.63, 3.8) is 0 Å². The summed E-state index contributed by atoms with van der Waals surface area (Å²) in [7, 11) is 3.57. The first kappa shape index (κ1) is 25.9. The third-order valence-electron chi connectivity index (χ3n) is 3.29. The number of H-pyrrole nitrogens is 1. The maximum Gasteiger partial charge on any atom is 0.250 e. The molecule has 0 bridgehead atoms.